The van der Waals surface area contributed by atoms with Crippen molar-refractivity contribution in [3.63, 3.8) is 0 Å². The third-order valence-electron chi connectivity index (χ3n) is 3.58. The number of ether oxygens (including phenoxy) is 1. The Kier molecular flexibility index (Phi) is 5.68. The van der Waals surface area contributed by atoms with Gasteiger partial charge in [-0.15, -0.1) is 0 Å². The molecule has 20 heavy (non-hydrogen) atoms. The summed E-state index contributed by atoms with van der Waals surface area (Å²) in [6.45, 7) is 2.81. The third kappa shape index (κ3) is 4.39. The smallest absolute Gasteiger partial charge is 0.224 e. The number of carbonyl (C=O) groups excluding carboxylic acids is 1. The Bertz CT molecular complexity index is 459. The van der Waals surface area contributed by atoms with Gasteiger partial charge in [0.25, 0.3) is 0 Å². The molecule has 0 radical (unpaired) electrons. The van der Waals surface area contributed by atoms with Crippen LogP contribution in [0.5, 0.6) is 5.75 Å². The van der Waals surface area contributed by atoms with Crippen LogP contribution in [0.4, 0.5) is 0 Å². The van der Waals surface area contributed by atoms with E-state index in [1.165, 1.54) is 12.8 Å². The van der Waals surface area contributed by atoms with Crippen LogP contribution < -0.4 is 15.4 Å². The lowest BCUT2D eigenvalue weighted by molar-refractivity contribution is -0.120. The van der Waals surface area contributed by atoms with Gasteiger partial charge in [0, 0.05) is 17.1 Å². The summed E-state index contributed by atoms with van der Waals surface area (Å²) in [5.74, 6) is 1.24. The Hall–Kier alpha value is -1.26. The minimum atomic E-state index is 0.0103. The predicted molar refractivity (Wildman–Crippen MR) is 80.3 cm³/mol. The molecule has 1 unspecified atom stereocenters. The molecule has 110 valence electrons. The highest BCUT2D eigenvalue weighted by molar-refractivity contribution is 6.30. The maximum absolute atomic E-state index is 12.0. The van der Waals surface area contributed by atoms with Crippen molar-refractivity contribution in [3.05, 3.63) is 28.8 Å². The van der Waals surface area contributed by atoms with Crippen molar-refractivity contribution in [3.8, 4) is 5.75 Å². The van der Waals surface area contributed by atoms with E-state index in [1.807, 2.05) is 0 Å². The van der Waals surface area contributed by atoms with E-state index in [4.69, 9.17) is 16.3 Å². The number of hydrogen-bond donors (Lipinski definition) is 2. The fraction of sp³-hybridized carbons (Fsp3) is 0.533. The van der Waals surface area contributed by atoms with E-state index in [0.29, 0.717) is 23.1 Å². The van der Waals surface area contributed by atoms with Crippen LogP contribution in [0.15, 0.2) is 18.2 Å². The molecular formula is C15H21ClN2O2. The Morgan fingerprint density at radius 1 is 1.55 bits per heavy atom. The molecule has 1 aromatic rings. The molecule has 1 amide bonds. The average molecular weight is 297 g/mol. The fourth-order valence-corrected chi connectivity index (χ4v) is 2.67. The number of carbonyl (C=O) groups is 1. The maximum atomic E-state index is 12.0. The van der Waals surface area contributed by atoms with Gasteiger partial charge in [-0.1, -0.05) is 11.6 Å². The zero-order valence-electron chi connectivity index (χ0n) is 11.7. The Morgan fingerprint density at radius 3 is 3.10 bits per heavy atom. The van der Waals surface area contributed by atoms with Crippen LogP contribution in [-0.4, -0.2) is 32.7 Å². The Morgan fingerprint density at radius 2 is 2.40 bits per heavy atom. The molecule has 2 N–H and O–H groups in total. The van der Waals surface area contributed by atoms with Gasteiger partial charge in [0.2, 0.25) is 5.91 Å². The van der Waals surface area contributed by atoms with Crippen molar-refractivity contribution in [2.45, 2.75) is 19.3 Å². The van der Waals surface area contributed by atoms with E-state index >= 15 is 0 Å². The molecule has 5 heteroatoms. The van der Waals surface area contributed by atoms with Gasteiger partial charge in [-0.2, -0.15) is 0 Å². The van der Waals surface area contributed by atoms with Gasteiger partial charge in [0.05, 0.1) is 13.5 Å². The normalized spacial score (nSPS) is 18.6. The standard InChI is InChI=1S/C15H21ClN2O2/c1-20-14-5-4-13(16)7-12(14)8-15(19)18-10-11-3-2-6-17-9-11/h4-5,7,11,17H,2-3,6,8-10H2,1H3,(H,18,19). The molecular weight excluding hydrogens is 276 g/mol. The van der Waals surface area contributed by atoms with Crippen LogP contribution in [0.2, 0.25) is 5.02 Å². The zero-order valence-corrected chi connectivity index (χ0v) is 12.5. The molecule has 0 bridgehead atoms. The number of piperidine rings is 1. The highest BCUT2D eigenvalue weighted by atomic mass is 35.5. The summed E-state index contributed by atoms with van der Waals surface area (Å²) in [6, 6.07) is 5.33. The molecule has 0 aliphatic carbocycles. The molecule has 1 atom stereocenters. The summed E-state index contributed by atoms with van der Waals surface area (Å²) in [4.78, 5) is 12.0. The lowest BCUT2D eigenvalue weighted by Gasteiger charge is -2.22. The van der Waals surface area contributed by atoms with E-state index in [9.17, 15) is 4.79 Å². The number of rotatable bonds is 5. The van der Waals surface area contributed by atoms with Gasteiger partial charge < -0.3 is 15.4 Å². The van der Waals surface area contributed by atoms with E-state index in [1.54, 1.807) is 25.3 Å². The molecule has 1 fully saturated rings. The maximum Gasteiger partial charge on any atom is 0.224 e. The van der Waals surface area contributed by atoms with Crippen molar-refractivity contribution in [1.82, 2.24) is 10.6 Å². The first-order chi connectivity index (χ1) is 9.69. The van der Waals surface area contributed by atoms with E-state index in [0.717, 1.165) is 25.2 Å². The zero-order chi connectivity index (χ0) is 14.4. The van der Waals surface area contributed by atoms with Crippen LogP contribution in [-0.2, 0) is 11.2 Å². The van der Waals surface area contributed by atoms with Crippen molar-refractivity contribution >= 4 is 17.5 Å². The second kappa shape index (κ2) is 7.50. The minimum absolute atomic E-state index is 0.0103. The lowest BCUT2D eigenvalue weighted by Crippen LogP contribution is -2.38. The van der Waals surface area contributed by atoms with Crippen LogP contribution in [0.25, 0.3) is 0 Å². The summed E-state index contributed by atoms with van der Waals surface area (Å²) in [5, 5.41) is 6.96. The number of benzene rings is 1. The monoisotopic (exact) mass is 296 g/mol. The first kappa shape index (κ1) is 15.1. The van der Waals surface area contributed by atoms with E-state index in [-0.39, 0.29) is 5.91 Å². The van der Waals surface area contributed by atoms with Gasteiger partial charge in [0.15, 0.2) is 0 Å². The first-order valence-electron chi connectivity index (χ1n) is 6.99. The fourth-order valence-electron chi connectivity index (χ4n) is 2.48. The van der Waals surface area contributed by atoms with Crippen LogP contribution >= 0.6 is 11.6 Å². The Balaban J connectivity index is 1.86. The second-order valence-corrected chi connectivity index (χ2v) is 5.59. The molecule has 4 nitrogen and oxygen atoms in total. The predicted octanol–water partition coefficient (Wildman–Crippen LogP) is 2.01. The van der Waals surface area contributed by atoms with Crippen molar-refractivity contribution in [1.29, 1.82) is 0 Å². The van der Waals surface area contributed by atoms with Crippen LogP contribution in [0.1, 0.15) is 18.4 Å². The number of amides is 1. The molecule has 1 aliphatic heterocycles. The van der Waals surface area contributed by atoms with Gasteiger partial charge in [-0.3, -0.25) is 4.79 Å². The molecule has 1 aromatic carbocycles. The molecule has 0 aromatic heterocycles. The third-order valence-corrected chi connectivity index (χ3v) is 3.82. The number of hydrogen-bond acceptors (Lipinski definition) is 3. The topological polar surface area (TPSA) is 50.4 Å². The molecule has 1 heterocycles. The van der Waals surface area contributed by atoms with E-state index < -0.39 is 0 Å². The summed E-state index contributed by atoms with van der Waals surface area (Å²) < 4.78 is 5.25. The summed E-state index contributed by atoms with van der Waals surface area (Å²) in [7, 11) is 1.60. The second-order valence-electron chi connectivity index (χ2n) is 5.15. The van der Waals surface area contributed by atoms with Crippen molar-refractivity contribution in [2.75, 3.05) is 26.7 Å². The average Bonchev–Trinajstić information content (AvgIpc) is 2.46. The first-order valence-corrected chi connectivity index (χ1v) is 7.36. The molecule has 1 saturated heterocycles. The van der Waals surface area contributed by atoms with Gasteiger partial charge in [-0.05, 0) is 50.0 Å². The number of nitrogens with one attached hydrogen (secondary N) is 2. The minimum Gasteiger partial charge on any atom is -0.496 e. The van der Waals surface area contributed by atoms with Crippen molar-refractivity contribution < 1.29 is 9.53 Å². The highest BCUT2D eigenvalue weighted by Crippen LogP contribution is 2.23. The van der Waals surface area contributed by atoms with Crippen LogP contribution in [0, 0.1) is 5.92 Å². The summed E-state index contributed by atoms with van der Waals surface area (Å²) in [6.07, 6.45) is 2.65. The lowest BCUT2D eigenvalue weighted by atomic mass is 9.99. The largest absolute Gasteiger partial charge is 0.496 e. The van der Waals surface area contributed by atoms with Gasteiger partial charge >= 0.3 is 0 Å². The molecule has 2 rings (SSSR count). The van der Waals surface area contributed by atoms with E-state index in [2.05, 4.69) is 10.6 Å². The van der Waals surface area contributed by atoms with Gasteiger partial charge in [-0.25, -0.2) is 0 Å². The summed E-state index contributed by atoms with van der Waals surface area (Å²) in [5.41, 5.74) is 0.819. The SMILES string of the molecule is COc1ccc(Cl)cc1CC(=O)NCC1CCCNC1. The van der Waals surface area contributed by atoms with Crippen molar-refractivity contribution in [2.24, 2.45) is 5.92 Å². The highest BCUT2D eigenvalue weighted by Gasteiger charge is 2.15. The summed E-state index contributed by atoms with van der Waals surface area (Å²) >= 11 is 5.96. The number of methoxy groups -OCH3 is 1. The number of halogens is 1. The molecule has 1 aliphatic rings. The van der Waals surface area contributed by atoms with Crippen LogP contribution in [0.3, 0.4) is 0 Å². The molecule has 0 saturated carbocycles. The quantitative estimate of drug-likeness (QED) is 0.874. The molecule has 0 spiro atoms. The Labute approximate surface area is 124 Å². The van der Waals surface area contributed by atoms with Gasteiger partial charge in [0.1, 0.15) is 5.75 Å².